The Kier molecular flexibility index (Phi) is 5.65. The molecule has 20 heavy (non-hydrogen) atoms. The van der Waals surface area contributed by atoms with Gasteiger partial charge < -0.3 is 15.4 Å². The van der Waals surface area contributed by atoms with E-state index in [0.717, 1.165) is 13.1 Å². The first-order valence-electron chi connectivity index (χ1n) is 7.19. The van der Waals surface area contributed by atoms with E-state index in [1.165, 1.54) is 37.8 Å². The number of nitrogens with two attached hydrogens (primary N) is 1. The van der Waals surface area contributed by atoms with Gasteiger partial charge in [0.05, 0.1) is 6.54 Å². The zero-order valence-electron chi connectivity index (χ0n) is 11.7. The maximum atomic E-state index is 13.0. The lowest BCUT2D eigenvalue weighted by molar-refractivity contribution is 0.325. The maximum Gasteiger partial charge on any atom is 0.191 e. The summed E-state index contributed by atoms with van der Waals surface area (Å²) in [7, 11) is 0. The van der Waals surface area contributed by atoms with Crippen LogP contribution in [0.15, 0.2) is 29.3 Å². The lowest BCUT2D eigenvalue weighted by atomic mass is 10.2. The van der Waals surface area contributed by atoms with Gasteiger partial charge in [0.2, 0.25) is 0 Å². The molecular weight excluding hydrogens is 257 g/mol. The van der Waals surface area contributed by atoms with Crippen LogP contribution in [0.2, 0.25) is 0 Å². The van der Waals surface area contributed by atoms with Crippen LogP contribution in [0.4, 0.5) is 4.39 Å². The van der Waals surface area contributed by atoms with E-state index in [9.17, 15) is 4.39 Å². The normalized spacial score (nSPS) is 16.9. The minimum absolute atomic E-state index is 0.296. The highest BCUT2D eigenvalue weighted by Gasteiger charge is 2.10. The summed E-state index contributed by atoms with van der Waals surface area (Å²) in [6.45, 7) is 2.86. The van der Waals surface area contributed by atoms with Crippen LogP contribution >= 0.6 is 0 Å². The molecule has 1 aliphatic heterocycles. The van der Waals surface area contributed by atoms with Gasteiger partial charge in [0.1, 0.15) is 18.2 Å². The number of guanidine groups is 1. The van der Waals surface area contributed by atoms with Gasteiger partial charge in [-0.25, -0.2) is 9.38 Å². The summed E-state index contributed by atoms with van der Waals surface area (Å²) >= 11 is 0. The van der Waals surface area contributed by atoms with Crippen molar-refractivity contribution in [2.45, 2.75) is 25.7 Å². The second-order valence-electron chi connectivity index (χ2n) is 4.95. The van der Waals surface area contributed by atoms with Crippen molar-refractivity contribution in [3.8, 4) is 5.75 Å². The maximum absolute atomic E-state index is 13.0. The van der Waals surface area contributed by atoms with Crippen molar-refractivity contribution in [1.29, 1.82) is 0 Å². The summed E-state index contributed by atoms with van der Waals surface area (Å²) in [4.78, 5) is 6.46. The van der Waals surface area contributed by atoms with E-state index in [0.29, 0.717) is 24.9 Å². The van der Waals surface area contributed by atoms with E-state index >= 15 is 0 Å². The molecule has 0 saturated carbocycles. The Hall–Kier alpha value is -1.78. The van der Waals surface area contributed by atoms with Crippen LogP contribution in [0.25, 0.3) is 0 Å². The third kappa shape index (κ3) is 4.72. The van der Waals surface area contributed by atoms with E-state index in [4.69, 9.17) is 10.5 Å². The molecule has 0 radical (unpaired) electrons. The van der Waals surface area contributed by atoms with Gasteiger partial charge in [0, 0.05) is 19.2 Å². The summed E-state index contributed by atoms with van der Waals surface area (Å²) in [6, 6.07) is 6.11. The fourth-order valence-electron chi connectivity index (χ4n) is 2.28. The fraction of sp³-hybridized carbons (Fsp3) is 0.533. The first-order chi connectivity index (χ1) is 9.75. The molecule has 0 atom stereocenters. The molecule has 0 amide bonds. The lowest BCUT2D eigenvalue weighted by Crippen LogP contribution is -2.38. The smallest absolute Gasteiger partial charge is 0.191 e. The Morgan fingerprint density at radius 1 is 1.25 bits per heavy atom. The Balaban J connectivity index is 1.74. The summed E-state index contributed by atoms with van der Waals surface area (Å²) in [5, 5.41) is 0. The molecule has 1 heterocycles. The summed E-state index contributed by atoms with van der Waals surface area (Å²) < 4.78 is 18.4. The van der Waals surface area contributed by atoms with Crippen LogP contribution in [0.1, 0.15) is 25.7 Å². The predicted molar refractivity (Wildman–Crippen MR) is 78.4 cm³/mol. The van der Waals surface area contributed by atoms with E-state index < -0.39 is 0 Å². The van der Waals surface area contributed by atoms with E-state index in [2.05, 4.69) is 9.89 Å². The van der Waals surface area contributed by atoms with Crippen molar-refractivity contribution in [2.24, 2.45) is 10.7 Å². The number of likely N-dealkylation sites (tertiary alicyclic amines) is 1. The van der Waals surface area contributed by atoms with Crippen LogP contribution in [0.3, 0.4) is 0 Å². The van der Waals surface area contributed by atoms with Gasteiger partial charge in [-0.1, -0.05) is 18.9 Å². The summed E-state index contributed by atoms with van der Waals surface area (Å²) in [5.41, 5.74) is 5.98. The zero-order valence-corrected chi connectivity index (χ0v) is 11.7. The van der Waals surface area contributed by atoms with Gasteiger partial charge in [-0.15, -0.1) is 0 Å². The van der Waals surface area contributed by atoms with Gasteiger partial charge >= 0.3 is 0 Å². The first kappa shape index (κ1) is 14.6. The molecule has 1 fully saturated rings. The lowest BCUT2D eigenvalue weighted by Gasteiger charge is -2.21. The highest BCUT2D eigenvalue weighted by Crippen LogP contribution is 2.12. The molecule has 110 valence electrons. The van der Waals surface area contributed by atoms with Crippen molar-refractivity contribution in [3.63, 3.8) is 0 Å². The Morgan fingerprint density at radius 3 is 2.70 bits per heavy atom. The standard InChI is InChI=1S/C15H22FN3O/c16-13-6-5-7-14(12-13)20-11-8-18-15(17)19-9-3-1-2-4-10-19/h5-7,12H,1-4,8-11H2,(H2,17,18). The first-order valence-corrected chi connectivity index (χ1v) is 7.19. The number of hydrogen-bond donors (Lipinski definition) is 1. The second-order valence-corrected chi connectivity index (χ2v) is 4.95. The van der Waals surface area contributed by atoms with Gasteiger partial charge in [-0.05, 0) is 25.0 Å². The Labute approximate surface area is 119 Å². The number of rotatable bonds is 4. The van der Waals surface area contributed by atoms with Crippen LogP contribution < -0.4 is 10.5 Å². The number of halogens is 1. The van der Waals surface area contributed by atoms with Crippen molar-refractivity contribution < 1.29 is 9.13 Å². The van der Waals surface area contributed by atoms with Gasteiger partial charge in [-0.2, -0.15) is 0 Å². The molecule has 0 spiro atoms. The molecule has 2 rings (SSSR count). The van der Waals surface area contributed by atoms with E-state index in [1.54, 1.807) is 12.1 Å². The Morgan fingerprint density at radius 2 is 2.00 bits per heavy atom. The molecule has 0 aliphatic carbocycles. The molecule has 4 nitrogen and oxygen atoms in total. The average Bonchev–Trinajstić information content (AvgIpc) is 2.72. The van der Waals surface area contributed by atoms with Crippen LogP contribution in [-0.4, -0.2) is 37.1 Å². The number of nitrogens with zero attached hydrogens (tertiary/aromatic N) is 2. The number of hydrogen-bond acceptors (Lipinski definition) is 2. The summed E-state index contributed by atoms with van der Waals surface area (Å²) in [5.74, 6) is 0.818. The van der Waals surface area contributed by atoms with Crippen LogP contribution in [-0.2, 0) is 0 Å². The topological polar surface area (TPSA) is 50.9 Å². The van der Waals surface area contributed by atoms with Crippen molar-refractivity contribution in [3.05, 3.63) is 30.1 Å². The zero-order chi connectivity index (χ0) is 14.2. The minimum Gasteiger partial charge on any atom is -0.492 e. The molecule has 1 aromatic rings. The van der Waals surface area contributed by atoms with Gasteiger partial charge in [-0.3, -0.25) is 0 Å². The number of ether oxygens (including phenoxy) is 1. The van der Waals surface area contributed by atoms with Gasteiger partial charge in [0.25, 0.3) is 0 Å². The molecule has 5 heteroatoms. The molecule has 2 N–H and O–H groups in total. The van der Waals surface area contributed by atoms with E-state index in [-0.39, 0.29) is 5.82 Å². The molecule has 1 saturated heterocycles. The molecular formula is C15H22FN3O. The Bertz CT molecular complexity index is 442. The molecule has 0 bridgehead atoms. The van der Waals surface area contributed by atoms with Crippen molar-refractivity contribution >= 4 is 5.96 Å². The number of aliphatic imine (C=N–C) groups is 1. The SMILES string of the molecule is NC(=NCCOc1cccc(F)c1)N1CCCCCC1. The predicted octanol–water partition coefficient (Wildman–Crippen LogP) is 2.40. The molecule has 0 aromatic heterocycles. The molecule has 0 unspecified atom stereocenters. The minimum atomic E-state index is -0.296. The average molecular weight is 279 g/mol. The van der Waals surface area contributed by atoms with Crippen LogP contribution in [0, 0.1) is 5.82 Å². The molecule has 1 aromatic carbocycles. The quantitative estimate of drug-likeness (QED) is 0.523. The largest absolute Gasteiger partial charge is 0.492 e. The summed E-state index contributed by atoms with van der Waals surface area (Å²) in [6.07, 6.45) is 4.89. The highest BCUT2D eigenvalue weighted by atomic mass is 19.1. The number of benzene rings is 1. The van der Waals surface area contributed by atoms with Gasteiger partial charge in [0.15, 0.2) is 5.96 Å². The van der Waals surface area contributed by atoms with Crippen molar-refractivity contribution in [1.82, 2.24) is 4.90 Å². The van der Waals surface area contributed by atoms with Crippen LogP contribution in [0.5, 0.6) is 5.75 Å². The molecule has 1 aliphatic rings. The third-order valence-corrected chi connectivity index (χ3v) is 3.36. The van der Waals surface area contributed by atoms with Crippen molar-refractivity contribution in [2.75, 3.05) is 26.2 Å². The third-order valence-electron chi connectivity index (χ3n) is 3.36. The second kappa shape index (κ2) is 7.72. The highest BCUT2D eigenvalue weighted by molar-refractivity contribution is 5.78. The van der Waals surface area contributed by atoms with E-state index in [1.807, 2.05) is 0 Å². The fourth-order valence-corrected chi connectivity index (χ4v) is 2.28. The monoisotopic (exact) mass is 279 g/mol.